The van der Waals surface area contributed by atoms with Crippen LogP contribution in [0.5, 0.6) is 5.75 Å². The molecule has 0 unspecified atom stereocenters. The molecule has 3 heteroatoms. The van der Waals surface area contributed by atoms with Crippen molar-refractivity contribution in [1.82, 2.24) is 0 Å². The third-order valence-electron chi connectivity index (χ3n) is 1.45. The zero-order chi connectivity index (χ0) is 9.68. The first-order valence-electron chi connectivity index (χ1n) is 3.78. The van der Waals surface area contributed by atoms with Gasteiger partial charge in [0.25, 0.3) is 0 Å². The minimum absolute atomic E-state index is 0.428. The van der Waals surface area contributed by atoms with E-state index in [2.05, 4.69) is 12.0 Å². The highest BCUT2D eigenvalue weighted by Gasteiger charge is 2.01. The quantitative estimate of drug-likeness (QED) is 0.525. The zero-order valence-corrected chi connectivity index (χ0v) is 7.19. The standard InChI is InChI=1S/C10H10O3/c1-2-7-13-9-5-3-8(4-6-9)10(11)12/h3-6,10-12H,1H3. The van der Waals surface area contributed by atoms with Crippen LogP contribution in [0.25, 0.3) is 0 Å². The molecular weight excluding hydrogens is 168 g/mol. The summed E-state index contributed by atoms with van der Waals surface area (Å²) in [4.78, 5) is 0. The van der Waals surface area contributed by atoms with Gasteiger partial charge in [-0.25, -0.2) is 0 Å². The Labute approximate surface area is 76.6 Å². The first-order valence-corrected chi connectivity index (χ1v) is 3.78. The largest absolute Gasteiger partial charge is 0.408 e. The summed E-state index contributed by atoms with van der Waals surface area (Å²) in [6, 6.07) is 6.38. The molecule has 1 rings (SSSR count). The van der Waals surface area contributed by atoms with Crippen molar-refractivity contribution in [3.63, 3.8) is 0 Å². The SMILES string of the molecule is CC#COc1ccc(C(O)O)cc1. The van der Waals surface area contributed by atoms with Crippen molar-refractivity contribution in [1.29, 1.82) is 0 Å². The summed E-state index contributed by atoms with van der Waals surface area (Å²) in [6.45, 7) is 1.67. The lowest BCUT2D eigenvalue weighted by Crippen LogP contribution is -1.93. The summed E-state index contributed by atoms with van der Waals surface area (Å²) >= 11 is 0. The van der Waals surface area contributed by atoms with Crippen LogP contribution in [0.1, 0.15) is 18.8 Å². The van der Waals surface area contributed by atoms with Crippen LogP contribution >= 0.6 is 0 Å². The average Bonchev–Trinajstić information content (AvgIpc) is 2.15. The van der Waals surface area contributed by atoms with Crippen LogP contribution in [0.3, 0.4) is 0 Å². The third kappa shape index (κ3) is 2.79. The molecule has 0 aliphatic heterocycles. The van der Waals surface area contributed by atoms with Gasteiger partial charge in [0.05, 0.1) is 0 Å². The van der Waals surface area contributed by atoms with E-state index in [0.29, 0.717) is 11.3 Å². The van der Waals surface area contributed by atoms with Crippen LogP contribution in [-0.2, 0) is 0 Å². The lowest BCUT2D eigenvalue weighted by atomic mass is 10.2. The van der Waals surface area contributed by atoms with E-state index < -0.39 is 6.29 Å². The molecule has 1 aromatic carbocycles. The van der Waals surface area contributed by atoms with Crippen molar-refractivity contribution in [2.24, 2.45) is 0 Å². The van der Waals surface area contributed by atoms with Crippen LogP contribution in [0.4, 0.5) is 0 Å². The van der Waals surface area contributed by atoms with Gasteiger partial charge < -0.3 is 14.9 Å². The number of hydrogen-bond acceptors (Lipinski definition) is 3. The first kappa shape index (κ1) is 9.59. The minimum Gasteiger partial charge on any atom is -0.408 e. The molecule has 0 bridgehead atoms. The minimum atomic E-state index is -1.44. The molecular formula is C10H10O3. The fraction of sp³-hybridized carbons (Fsp3) is 0.200. The smallest absolute Gasteiger partial charge is 0.178 e. The maximum atomic E-state index is 8.78. The monoisotopic (exact) mass is 178 g/mol. The van der Waals surface area contributed by atoms with E-state index in [1.54, 1.807) is 31.2 Å². The Balaban J connectivity index is 2.73. The van der Waals surface area contributed by atoms with Crippen LogP contribution in [-0.4, -0.2) is 10.2 Å². The van der Waals surface area contributed by atoms with Gasteiger partial charge in [0, 0.05) is 12.5 Å². The molecule has 0 aliphatic carbocycles. The Morgan fingerprint density at radius 1 is 1.23 bits per heavy atom. The first-order chi connectivity index (χ1) is 6.24. The second kappa shape index (κ2) is 4.51. The highest BCUT2D eigenvalue weighted by atomic mass is 16.5. The van der Waals surface area contributed by atoms with Gasteiger partial charge in [-0.15, -0.1) is 0 Å². The van der Waals surface area contributed by atoms with Crippen molar-refractivity contribution < 1.29 is 14.9 Å². The van der Waals surface area contributed by atoms with E-state index in [0.717, 1.165) is 0 Å². The van der Waals surface area contributed by atoms with Gasteiger partial charge in [-0.2, -0.15) is 0 Å². The zero-order valence-electron chi connectivity index (χ0n) is 7.19. The maximum absolute atomic E-state index is 8.78. The van der Waals surface area contributed by atoms with E-state index in [1.807, 2.05) is 0 Å². The number of rotatable bonds is 2. The molecule has 0 heterocycles. The maximum Gasteiger partial charge on any atom is 0.178 e. The fourth-order valence-corrected chi connectivity index (χ4v) is 0.818. The number of benzene rings is 1. The Hall–Kier alpha value is -1.50. The molecule has 0 fully saturated rings. The Morgan fingerprint density at radius 2 is 1.85 bits per heavy atom. The van der Waals surface area contributed by atoms with Crippen LogP contribution in [0.15, 0.2) is 24.3 Å². The van der Waals surface area contributed by atoms with E-state index in [9.17, 15) is 0 Å². The lowest BCUT2D eigenvalue weighted by Gasteiger charge is -2.03. The van der Waals surface area contributed by atoms with Gasteiger partial charge >= 0.3 is 0 Å². The number of aliphatic hydroxyl groups excluding tert-OH is 1. The molecule has 3 nitrogen and oxygen atoms in total. The second-order valence-electron chi connectivity index (χ2n) is 2.40. The summed E-state index contributed by atoms with van der Waals surface area (Å²) < 4.78 is 4.97. The molecule has 0 amide bonds. The highest BCUT2D eigenvalue weighted by molar-refractivity contribution is 5.28. The fourth-order valence-electron chi connectivity index (χ4n) is 0.818. The van der Waals surface area contributed by atoms with Crippen molar-refractivity contribution in [3.8, 4) is 17.8 Å². The normalized spacial score (nSPS) is 9.23. The summed E-state index contributed by atoms with van der Waals surface area (Å²) in [5.41, 5.74) is 0.428. The van der Waals surface area contributed by atoms with Gasteiger partial charge in [-0.1, -0.05) is 18.1 Å². The van der Waals surface area contributed by atoms with E-state index in [1.165, 1.54) is 0 Å². The van der Waals surface area contributed by atoms with Crippen LogP contribution < -0.4 is 4.74 Å². The highest BCUT2D eigenvalue weighted by Crippen LogP contribution is 2.15. The average molecular weight is 178 g/mol. The molecule has 68 valence electrons. The molecule has 0 spiro atoms. The molecule has 13 heavy (non-hydrogen) atoms. The van der Waals surface area contributed by atoms with Crippen molar-refractivity contribution in [2.45, 2.75) is 13.2 Å². The molecule has 0 saturated carbocycles. The molecule has 0 atom stereocenters. The Kier molecular flexibility index (Phi) is 3.32. The molecule has 0 saturated heterocycles. The predicted molar refractivity (Wildman–Crippen MR) is 47.7 cm³/mol. The van der Waals surface area contributed by atoms with Crippen LogP contribution in [0, 0.1) is 12.0 Å². The van der Waals surface area contributed by atoms with E-state index >= 15 is 0 Å². The summed E-state index contributed by atoms with van der Waals surface area (Å²) in [5, 5.41) is 17.6. The Bertz CT molecular complexity index is 316. The van der Waals surface area contributed by atoms with Gasteiger partial charge in [-0.3, -0.25) is 0 Å². The summed E-state index contributed by atoms with van der Waals surface area (Å²) in [7, 11) is 0. The summed E-state index contributed by atoms with van der Waals surface area (Å²) in [5.74, 6) is 3.16. The number of ether oxygens (including phenoxy) is 1. The topological polar surface area (TPSA) is 49.7 Å². The molecule has 2 N–H and O–H groups in total. The Morgan fingerprint density at radius 3 is 2.31 bits per heavy atom. The van der Waals surface area contributed by atoms with Gasteiger partial charge in [0.2, 0.25) is 0 Å². The van der Waals surface area contributed by atoms with Gasteiger partial charge in [0.15, 0.2) is 6.29 Å². The van der Waals surface area contributed by atoms with E-state index in [-0.39, 0.29) is 0 Å². The van der Waals surface area contributed by atoms with Crippen molar-refractivity contribution in [3.05, 3.63) is 29.8 Å². The lowest BCUT2D eigenvalue weighted by molar-refractivity contribution is -0.0424. The molecule has 0 aromatic heterocycles. The molecule has 0 aliphatic rings. The van der Waals surface area contributed by atoms with E-state index in [4.69, 9.17) is 14.9 Å². The molecule has 0 radical (unpaired) electrons. The second-order valence-corrected chi connectivity index (χ2v) is 2.40. The number of hydrogen-bond donors (Lipinski definition) is 2. The predicted octanol–water partition coefficient (Wildman–Crippen LogP) is 1.03. The van der Waals surface area contributed by atoms with Crippen molar-refractivity contribution >= 4 is 0 Å². The summed E-state index contributed by atoms with van der Waals surface area (Å²) in [6.07, 6.45) is 1.000. The van der Waals surface area contributed by atoms with Crippen LogP contribution in [0.2, 0.25) is 0 Å². The van der Waals surface area contributed by atoms with Gasteiger partial charge in [-0.05, 0) is 12.1 Å². The third-order valence-corrected chi connectivity index (χ3v) is 1.45. The molecule has 1 aromatic rings. The van der Waals surface area contributed by atoms with Crippen molar-refractivity contribution in [2.75, 3.05) is 0 Å². The number of aliphatic hydroxyl groups is 2. The van der Waals surface area contributed by atoms with Gasteiger partial charge in [0.1, 0.15) is 11.9 Å².